The zero-order valence-corrected chi connectivity index (χ0v) is 20.9. The van der Waals surface area contributed by atoms with Crippen LogP contribution in [-0.2, 0) is 15.0 Å². The molecule has 2 aromatic carbocycles. The lowest BCUT2D eigenvalue weighted by molar-refractivity contribution is -0.146. The predicted octanol–water partition coefficient (Wildman–Crippen LogP) is 5.14. The van der Waals surface area contributed by atoms with E-state index < -0.39 is 11.6 Å². The number of ether oxygens (including phenoxy) is 2. The molecule has 2 rings (SSSR count). The molecule has 6 heteroatoms. The third kappa shape index (κ3) is 6.06. The number of aryl methyl sites for hydroxylation is 2. The molecule has 0 radical (unpaired) electrons. The van der Waals surface area contributed by atoms with Crippen LogP contribution < -0.4 is 15.4 Å². The maximum atomic E-state index is 11.3. The zero-order chi connectivity index (χ0) is 24.6. The summed E-state index contributed by atoms with van der Waals surface area (Å²) in [6, 6.07) is 12.4. The summed E-state index contributed by atoms with van der Waals surface area (Å²) in [4.78, 5) is 15.5. The molecule has 0 saturated carbocycles. The minimum absolute atomic E-state index is 0.170. The van der Waals surface area contributed by atoms with E-state index in [1.807, 2.05) is 39.8 Å². The zero-order valence-electron chi connectivity index (χ0n) is 20.9. The fourth-order valence-electron chi connectivity index (χ4n) is 4.29. The van der Waals surface area contributed by atoms with Crippen LogP contribution in [0.2, 0.25) is 0 Å². The molecule has 0 aliphatic rings. The Morgan fingerprint density at radius 1 is 0.848 bits per heavy atom. The second-order valence-electron chi connectivity index (χ2n) is 8.75. The molecule has 0 aliphatic carbocycles. The third-order valence-electron chi connectivity index (χ3n) is 6.95. The highest BCUT2D eigenvalue weighted by Gasteiger charge is 2.32. The van der Waals surface area contributed by atoms with Gasteiger partial charge in [0, 0.05) is 5.41 Å². The molecule has 0 aliphatic heterocycles. The summed E-state index contributed by atoms with van der Waals surface area (Å²) >= 11 is 0. The van der Waals surface area contributed by atoms with Crippen LogP contribution in [0.1, 0.15) is 75.6 Å². The van der Waals surface area contributed by atoms with Gasteiger partial charge in [-0.25, -0.2) is 4.79 Å². The van der Waals surface area contributed by atoms with Crippen LogP contribution in [0.15, 0.2) is 36.4 Å². The van der Waals surface area contributed by atoms with E-state index in [2.05, 4.69) is 43.0 Å². The van der Waals surface area contributed by atoms with Crippen molar-refractivity contribution in [2.75, 3.05) is 13.2 Å². The van der Waals surface area contributed by atoms with Gasteiger partial charge in [0.05, 0.1) is 5.60 Å². The van der Waals surface area contributed by atoms with E-state index in [-0.39, 0.29) is 18.6 Å². The van der Waals surface area contributed by atoms with Crippen molar-refractivity contribution in [3.63, 3.8) is 0 Å². The molecule has 6 nitrogen and oxygen atoms in total. The fourth-order valence-corrected chi connectivity index (χ4v) is 4.29. The average Bonchev–Trinajstić information content (AvgIpc) is 2.83. The summed E-state index contributed by atoms with van der Waals surface area (Å²) in [6.07, 6.45) is 3.16. The van der Waals surface area contributed by atoms with Crippen molar-refractivity contribution in [2.24, 2.45) is 5.90 Å². The first-order chi connectivity index (χ1) is 15.7. The maximum Gasteiger partial charge on any atom is 0.362 e. The van der Waals surface area contributed by atoms with E-state index in [4.69, 9.17) is 15.4 Å². The topological polar surface area (TPSA) is 91.0 Å². The number of rotatable bonds is 12. The molecule has 0 fully saturated rings. The lowest BCUT2D eigenvalue weighted by Crippen LogP contribution is -2.34. The Balaban J connectivity index is 2.34. The molecule has 33 heavy (non-hydrogen) atoms. The summed E-state index contributed by atoms with van der Waals surface area (Å²) in [5, 5.41) is 10.6. The van der Waals surface area contributed by atoms with Crippen LogP contribution in [0.25, 0.3) is 0 Å². The van der Waals surface area contributed by atoms with Gasteiger partial charge in [-0.15, -0.1) is 0 Å². The number of benzene rings is 2. The van der Waals surface area contributed by atoms with Gasteiger partial charge < -0.3 is 19.4 Å². The first-order valence-electron chi connectivity index (χ1n) is 11.8. The first kappa shape index (κ1) is 26.7. The summed E-state index contributed by atoms with van der Waals surface area (Å²) in [5.41, 5.74) is 3.43. The van der Waals surface area contributed by atoms with Crippen molar-refractivity contribution in [2.45, 2.75) is 78.2 Å². The lowest BCUT2D eigenvalue weighted by Gasteiger charge is -2.34. The van der Waals surface area contributed by atoms with Gasteiger partial charge in [0.2, 0.25) is 0 Å². The minimum atomic E-state index is -0.802. The highest BCUT2D eigenvalue weighted by Crippen LogP contribution is 2.41. The third-order valence-corrected chi connectivity index (χ3v) is 6.95. The van der Waals surface area contributed by atoms with Crippen LogP contribution in [0.4, 0.5) is 0 Å². The van der Waals surface area contributed by atoms with E-state index in [0.717, 1.165) is 29.7 Å². The normalized spacial score (nSPS) is 11.9. The Bertz CT molecular complexity index is 932. The number of carbonyl (C=O) groups is 1. The second-order valence-corrected chi connectivity index (χ2v) is 8.75. The summed E-state index contributed by atoms with van der Waals surface area (Å²) in [5.74, 6) is 5.69. The van der Waals surface area contributed by atoms with Gasteiger partial charge in [-0.05, 0) is 73.9 Å². The smallest absolute Gasteiger partial charge is 0.362 e. The van der Waals surface area contributed by atoms with Crippen molar-refractivity contribution in [3.05, 3.63) is 58.7 Å². The fraction of sp³-hybridized carbons (Fsp3) is 0.519. The molecule has 182 valence electrons. The molecule has 2 aromatic rings. The lowest BCUT2D eigenvalue weighted by atomic mass is 9.70. The molecule has 3 N–H and O–H groups in total. The molecular formula is C27H39NO5. The molecule has 0 bridgehead atoms. The molecule has 0 spiro atoms. The Morgan fingerprint density at radius 2 is 1.33 bits per heavy atom. The predicted molar refractivity (Wildman–Crippen MR) is 131 cm³/mol. The van der Waals surface area contributed by atoms with E-state index in [1.165, 1.54) is 11.1 Å². The Hall–Kier alpha value is -2.57. The number of carbonyl (C=O) groups excluding carboxylic acids is 1. The first-order valence-corrected chi connectivity index (χ1v) is 11.8. The Kier molecular flexibility index (Phi) is 9.32. The van der Waals surface area contributed by atoms with Gasteiger partial charge in [0.1, 0.15) is 18.1 Å². The summed E-state index contributed by atoms with van der Waals surface area (Å²) in [7, 11) is 0. The highest BCUT2D eigenvalue weighted by molar-refractivity contribution is 5.70. The van der Waals surface area contributed by atoms with E-state index in [0.29, 0.717) is 18.6 Å². The number of aliphatic hydroxyl groups is 1. The van der Waals surface area contributed by atoms with Crippen LogP contribution in [0.3, 0.4) is 0 Å². The minimum Gasteiger partial charge on any atom is -0.490 e. The van der Waals surface area contributed by atoms with Crippen LogP contribution in [-0.4, -0.2) is 29.9 Å². The van der Waals surface area contributed by atoms with Crippen molar-refractivity contribution >= 4 is 5.97 Å². The van der Waals surface area contributed by atoms with Crippen molar-refractivity contribution in [1.29, 1.82) is 0 Å². The number of nitrogens with two attached hydrogens (primary N) is 1. The molecule has 0 atom stereocenters. The molecule has 0 saturated heterocycles. The molecular weight excluding hydrogens is 418 g/mol. The average molecular weight is 458 g/mol. The van der Waals surface area contributed by atoms with E-state index >= 15 is 0 Å². The van der Waals surface area contributed by atoms with Crippen LogP contribution in [0.5, 0.6) is 11.5 Å². The van der Waals surface area contributed by atoms with Gasteiger partial charge >= 0.3 is 5.97 Å². The molecule has 0 amide bonds. The maximum absolute atomic E-state index is 11.3. The van der Waals surface area contributed by atoms with Crippen molar-refractivity contribution in [3.8, 4) is 11.5 Å². The largest absolute Gasteiger partial charge is 0.490 e. The van der Waals surface area contributed by atoms with Crippen molar-refractivity contribution < 1.29 is 24.2 Å². The van der Waals surface area contributed by atoms with Gasteiger partial charge in [-0.1, -0.05) is 52.0 Å². The van der Waals surface area contributed by atoms with Gasteiger partial charge in [0.25, 0.3) is 0 Å². The van der Waals surface area contributed by atoms with Crippen LogP contribution >= 0.6 is 0 Å². The van der Waals surface area contributed by atoms with Gasteiger partial charge in [-0.3, -0.25) is 0 Å². The molecule has 0 aromatic heterocycles. The Labute approximate surface area is 198 Å². The van der Waals surface area contributed by atoms with Crippen LogP contribution in [0, 0.1) is 13.8 Å². The standard InChI is InChI=1S/C27H39NO5/c1-7-26(30,8-2)18-32-24-14-12-22(16-20(24)6)27(9-3,10-4)21-11-13-23(19(5)15-21)31-17-25(29)33-28/h11-16,30H,7-10,17-18,28H2,1-6H3. The highest BCUT2D eigenvalue weighted by atomic mass is 16.7. The number of hydrogen-bond donors (Lipinski definition) is 2. The quantitative estimate of drug-likeness (QED) is 0.429. The van der Waals surface area contributed by atoms with Gasteiger partial charge in [-0.2, -0.15) is 5.90 Å². The summed E-state index contributed by atoms with van der Waals surface area (Å²) < 4.78 is 11.5. The van der Waals surface area contributed by atoms with E-state index in [9.17, 15) is 9.90 Å². The van der Waals surface area contributed by atoms with Gasteiger partial charge in [0.15, 0.2) is 6.61 Å². The van der Waals surface area contributed by atoms with Crippen molar-refractivity contribution in [1.82, 2.24) is 0 Å². The SMILES string of the molecule is CCC(O)(CC)COc1ccc(C(CC)(CC)c2ccc(OCC(=O)ON)c(C)c2)cc1C. The summed E-state index contributed by atoms with van der Waals surface area (Å²) in [6.45, 7) is 12.4. The Morgan fingerprint density at radius 3 is 1.73 bits per heavy atom. The monoisotopic (exact) mass is 457 g/mol. The molecule has 0 unspecified atom stereocenters. The molecule has 0 heterocycles. The number of hydrogen-bond acceptors (Lipinski definition) is 6. The second kappa shape index (κ2) is 11.5. The van der Waals surface area contributed by atoms with E-state index in [1.54, 1.807) is 0 Å².